The number of thioether (sulfide) groups is 1. The van der Waals surface area contributed by atoms with E-state index in [1.165, 1.54) is 32.4 Å². The van der Waals surface area contributed by atoms with Gasteiger partial charge in [-0.1, -0.05) is 84.9 Å². The van der Waals surface area contributed by atoms with Gasteiger partial charge < -0.3 is 0 Å². The normalized spacial score (nSPS) is 16.2. The Bertz CT molecular complexity index is 1140. The highest BCUT2D eigenvalue weighted by Crippen LogP contribution is 2.41. The highest BCUT2D eigenvalue weighted by molar-refractivity contribution is 7.99. The molecule has 0 unspecified atom stereocenters. The van der Waals surface area contributed by atoms with Gasteiger partial charge >= 0.3 is 0 Å². The third kappa shape index (κ3) is 4.03. The van der Waals surface area contributed by atoms with Crippen molar-refractivity contribution in [3.8, 4) is 0 Å². The second-order valence-corrected chi connectivity index (χ2v) is 9.40. The quantitative estimate of drug-likeness (QED) is 0.323. The number of nitrogens with zero attached hydrogens (tertiary/aromatic N) is 1. The van der Waals surface area contributed by atoms with Gasteiger partial charge in [0, 0.05) is 29.3 Å². The Hall–Kier alpha value is -2.55. The summed E-state index contributed by atoms with van der Waals surface area (Å²) in [6.45, 7) is 4.57. The lowest BCUT2D eigenvalue weighted by Crippen LogP contribution is -2.40. The summed E-state index contributed by atoms with van der Waals surface area (Å²) in [5.74, 6) is 0. The fourth-order valence-electron chi connectivity index (χ4n) is 4.53. The smallest absolute Gasteiger partial charge is 0.0497 e. The van der Waals surface area contributed by atoms with Gasteiger partial charge in [0.1, 0.15) is 0 Å². The van der Waals surface area contributed by atoms with Gasteiger partial charge in [-0.05, 0) is 52.9 Å². The molecule has 2 heteroatoms. The molecule has 1 nitrogen and oxygen atoms in total. The zero-order valence-electron chi connectivity index (χ0n) is 17.4. The first-order valence-corrected chi connectivity index (χ1v) is 11.7. The van der Waals surface area contributed by atoms with Crippen molar-refractivity contribution in [3.05, 3.63) is 114 Å². The Morgan fingerprint density at radius 3 is 2.27 bits per heavy atom. The molecule has 0 N–H and O–H groups in total. The molecule has 0 fully saturated rings. The van der Waals surface area contributed by atoms with Crippen molar-refractivity contribution in [2.45, 2.75) is 36.1 Å². The number of fused-ring (bicyclic) bond motifs is 2. The highest BCUT2D eigenvalue weighted by Gasteiger charge is 2.28. The highest BCUT2D eigenvalue weighted by atomic mass is 32.2. The van der Waals surface area contributed by atoms with Gasteiger partial charge in [-0.2, -0.15) is 0 Å². The van der Waals surface area contributed by atoms with Crippen molar-refractivity contribution in [1.82, 2.24) is 4.90 Å². The van der Waals surface area contributed by atoms with Crippen molar-refractivity contribution in [2.24, 2.45) is 0 Å². The van der Waals surface area contributed by atoms with Crippen LogP contribution in [0.1, 0.15) is 28.9 Å². The summed E-state index contributed by atoms with van der Waals surface area (Å²) >= 11 is 2.00. The molecule has 30 heavy (non-hydrogen) atoms. The summed E-state index contributed by atoms with van der Waals surface area (Å²) in [5, 5.41) is 3.00. The Morgan fingerprint density at radius 1 is 0.733 bits per heavy atom. The van der Waals surface area contributed by atoms with Crippen molar-refractivity contribution in [1.29, 1.82) is 0 Å². The zero-order chi connectivity index (χ0) is 20.3. The summed E-state index contributed by atoms with van der Waals surface area (Å²) in [5.41, 5.74) is 4.40. The topological polar surface area (TPSA) is 3.24 Å². The van der Waals surface area contributed by atoms with Crippen LogP contribution >= 0.6 is 11.8 Å². The minimum Gasteiger partial charge on any atom is -0.295 e. The van der Waals surface area contributed by atoms with Crippen molar-refractivity contribution in [2.75, 3.05) is 6.54 Å². The van der Waals surface area contributed by atoms with Crippen molar-refractivity contribution >= 4 is 22.5 Å². The Balaban J connectivity index is 1.44. The summed E-state index contributed by atoms with van der Waals surface area (Å²) in [4.78, 5) is 4.00. The number of rotatable bonds is 5. The van der Waals surface area contributed by atoms with Gasteiger partial charge in [0.2, 0.25) is 0 Å². The van der Waals surface area contributed by atoms with Crippen molar-refractivity contribution in [3.63, 3.8) is 0 Å². The van der Waals surface area contributed by atoms with E-state index in [-0.39, 0.29) is 0 Å². The van der Waals surface area contributed by atoms with Crippen molar-refractivity contribution < 1.29 is 0 Å². The van der Waals surface area contributed by atoms with E-state index in [0.717, 1.165) is 19.5 Å². The fraction of sp³-hybridized carbons (Fsp3) is 0.214. The summed E-state index contributed by atoms with van der Waals surface area (Å²) in [6, 6.07) is 35.9. The van der Waals surface area contributed by atoms with Gasteiger partial charge in [-0.15, -0.1) is 11.8 Å². The molecular weight excluding hydrogens is 382 g/mol. The first-order chi connectivity index (χ1) is 14.8. The molecule has 0 aliphatic carbocycles. The van der Waals surface area contributed by atoms with Crippen LogP contribution < -0.4 is 0 Å². The molecule has 0 spiro atoms. The van der Waals surface area contributed by atoms with E-state index in [4.69, 9.17) is 0 Å². The van der Waals surface area contributed by atoms with Crippen LogP contribution in [-0.4, -0.2) is 17.5 Å². The van der Waals surface area contributed by atoms with Gasteiger partial charge in [0.25, 0.3) is 0 Å². The first-order valence-electron chi connectivity index (χ1n) is 10.8. The molecule has 4 aromatic carbocycles. The number of hydrogen-bond acceptors (Lipinski definition) is 2. The van der Waals surface area contributed by atoms with Gasteiger partial charge in [0.15, 0.2) is 0 Å². The maximum atomic E-state index is 2.66. The summed E-state index contributed by atoms with van der Waals surface area (Å²) in [6.07, 6.45) is 1.14. The monoisotopic (exact) mass is 409 g/mol. The predicted octanol–water partition coefficient (Wildman–Crippen LogP) is 7.12. The zero-order valence-corrected chi connectivity index (χ0v) is 18.2. The SMILES string of the molecule is C[C@H]([C@@H](Sc1ccc2ccccc2c1)c1ccccc1)N1CCc2ccccc2C1. The molecule has 1 heterocycles. The molecule has 0 saturated carbocycles. The van der Waals surface area contributed by atoms with E-state index in [0.29, 0.717) is 11.3 Å². The fourth-order valence-corrected chi connectivity index (χ4v) is 5.83. The largest absolute Gasteiger partial charge is 0.295 e. The number of hydrogen-bond donors (Lipinski definition) is 0. The van der Waals surface area contributed by atoms with E-state index >= 15 is 0 Å². The average molecular weight is 410 g/mol. The molecule has 0 bridgehead atoms. The van der Waals surface area contributed by atoms with Crippen LogP contribution in [0.25, 0.3) is 10.8 Å². The minimum absolute atomic E-state index is 0.387. The summed E-state index contributed by atoms with van der Waals surface area (Å²) in [7, 11) is 0. The van der Waals surface area contributed by atoms with Gasteiger partial charge in [0.05, 0.1) is 0 Å². The van der Waals surface area contributed by atoms with Crippen LogP contribution in [0.2, 0.25) is 0 Å². The van der Waals surface area contributed by atoms with E-state index in [1.807, 2.05) is 11.8 Å². The second kappa shape index (κ2) is 8.67. The maximum absolute atomic E-state index is 2.66. The van der Waals surface area contributed by atoms with E-state index in [1.54, 1.807) is 0 Å². The Labute approximate surface area is 183 Å². The lowest BCUT2D eigenvalue weighted by Gasteiger charge is -2.38. The molecule has 0 amide bonds. The van der Waals surface area contributed by atoms with Crippen LogP contribution in [0.15, 0.2) is 102 Å². The maximum Gasteiger partial charge on any atom is 0.0497 e. The molecule has 4 aromatic rings. The molecule has 0 radical (unpaired) electrons. The van der Waals surface area contributed by atoms with Gasteiger partial charge in [-0.3, -0.25) is 4.90 Å². The molecular formula is C28H27NS. The van der Waals surface area contributed by atoms with Gasteiger partial charge in [-0.25, -0.2) is 0 Å². The van der Waals surface area contributed by atoms with E-state index in [2.05, 4.69) is 109 Å². The van der Waals surface area contributed by atoms with Crippen LogP contribution in [0, 0.1) is 0 Å². The third-order valence-corrected chi connectivity index (χ3v) is 7.73. The number of benzene rings is 4. The first kappa shape index (κ1) is 19.4. The predicted molar refractivity (Wildman–Crippen MR) is 129 cm³/mol. The standard InChI is InChI=1S/C28H27NS/c1-21(29-18-17-23-10-6-8-14-26(23)20-29)28(24-11-3-2-4-12-24)30-27-16-15-22-9-5-7-13-25(22)19-27/h2-16,19,21,28H,17-18,20H2,1H3/t21-,28-/m1/s1. The molecule has 1 aliphatic heterocycles. The molecule has 0 saturated heterocycles. The lowest BCUT2D eigenvalue weighted by molar-refractivity contribution is 0.187. The van der Waals surface area contributed by atoms with E-state index in [9.17, 15) is 0 Å². The molecule has 5 rings (SSSR count). The minimum atomic E-state index is 0.387. The molecule has 1 aliphatic rings. The Kier molecular flexibility index (Phi) is 5.61. The van der Waals surface area contributed by atoms with E-state index < -0.39 is 0 Å². The second-order valence-electron chi connectivity index (χ2n) is 8.19. The van der Waals surface area contributed by atoms with Crippen LogP contribution in [0.4, 0.5) is 0 Å². The van der Waals surface area contributed by atoms with Crippen LogP contribution in [0.5, 0.6) is 0 Å². The average Bonchev–Trinajstić information content (AvgIpc) is 2.82. The molecule has 2 atom stereocenters. The third-order valence-electron chi connectivity index (χ3n) is 6.29. The Morgan fingerprint density at radius 2 is 1.43 bits per heavy atom. The lowest BCUT2D eigenvalue weighted by atomic mass is 9.97. The molecule has 150 valence electrons. The molecule has 0 aromatic heterocycles. The summed E-state index contributed by atoms with van der Waals surface area (Å²) < 4.78 is 0. The van der Waals surface area contributed by atoms with Crippen LogP contribution in [0.3, 0.4) is 0 Å². The van der Waals surface area contributed by atoms with Crippen LogP contribution in [-0.2, 0) is 13.0 Å².